The molecule has 0 N–H and O–H groups in total. The normalized spacial score (nSPS) is 10.6. The van der Waals surface area contributed by atoms with E-state index in [9.17, 15) is 4.79 Å². The van der Waals surface area contributed by atoms with Gasteiger partial charge in [0.15, 0.2) is 11.6 Å². The van der Waals surface area contributed by atoms with Crippen LogP contribution in [-0.2, 0) is 0 Å². The van der Waals surface area contributed by atoms with E-state index in [-0.39, 0.29) is 5.78 Å². The largest absolute Gasteiger partial charge is 0.295 e. The number of hydrogen-bond acceptors (Lipinski definition) is 3. The first-order valence-electron chi connectivity index (χ1n) is 8.82. The number of nitrogens with zero attached hydrogens (tertiary/aromatic N) is 2. The fraction of sp³-hybridized carbons (Fsp3) is 0.0417. The van der Waals surface area contributed by atoms with E-state index in [1.54, 1.807) is 6.92 Å². The molecule has 3 heteroatoms. The highest BCUT2D eigenvalue weighted by atomic mass is 16.1. The Hall–Kier alpha value is -3.59. The molecule has 0 saturated heterocycles. The van der Waals surface area contributed by atoms with Gasteiger partial charge in [0.05, 0.1) is 11.4 Å². The van der Waals surface area contributed by atoms with E-state index < -0.39 is 0 Å². The summed E-state index contributed by atoms with van der Waals surface area (Å²) in [5, 5.41) is 0. The molecular formula is C24H18N2O. The molecule has 1 heterocycles. The first kappa shape index (κ1) is 16.9. The quantitative estimate of drug-likeness (QED) is 0.445. The van der Waals surface area contributed by atoms with Crippen LogP contribution in [0.2, 0.25) is 0 Å². The smallest absolute Gasteiger partial charge is 0.160 e. The first-order valence-corrected chi connectivity index (χ1v) is 8.82. The number of benzene rings is 3. The third-order valence-electron chi connectivity index (χ3n) is 4.39. The molecular weight excluding hydrogens is 332 g/mol. The predicted octanol–water partition coefficient (Wildman–Crippen LogP) is 5.68. The average molecular weight is 350 g/mol. The van der Waals surface area contributed by atoms with Crippen molar-refractivity contribution in [3.63, 3.8) is 0 Å². The summed E-state index contributed by atoms with van der Waals surface area (Å²) in [5.74, 6) is 0.706. The van der Waals surface area contributed by atoms with Gasteiger partial charge in [-0.2, -0.15) is 0 Å². The lowest BCUT2D eigenvalue weighted by Gasteiger charge is -2.10. The number of ketones is 1. The van der Waals surface area contributed by atoms with Crippen LogP contribution >= 0.6 is 0 Å². The van der Waals surface area contributed by atoms with E-state index in [0.717, 1.165) is 28.1 Å². The summed E-state index contributed by atoms with van der Waals surface area (Å²) in [6.45, 7) is 1.57. The lowest BCUT2D eigenvalue weighted by Crippen LogP contribution is -1.97. The molecule has 0 saturated carbocycles. The lowest BCUT2D eigenvalue weighted by molar-refractivity contribution is 0.101. The maximum absolute atomic E-state index is 11.8. The van der Waals surface area contributed by atoms with Gasteiger partial charge in [-0.05, 0) is 19.1 Å². The van der Waals surface area contributed by atoms with E-state index in [1.807, 2.05) is 91.0 Å². The third kappa shape index (κ3) is 3.67. The molecule has 0 aliphatic heterocycles. The molecule has 0 atom stereocenters. The van der Waals surface area contributed by atoms with Gasteiger partial charge in [-0.1, -0.05) is 78.9 Å². The summed E-state index contributed by atoms with van der Waals surface area (Å²) >= 11 is 0. The Morgan fingerprint density at radius 1 is 0.630 bits per heavy atom. The standard InChI is InChI=1S/C24H18N2O/c1-17(27)20-13-8-14-21(15-20)23-16-22(18-9-4-2-5-10-18)25-24(26-23)19-11-6-3-7-12-19/h2-16H,1H3. The van der Waals surface area contributed by atoms with Crippen LogP contribution in [0.1, 0.15) is 17.3 Å². The summed E-state index contributed by atoms with van der Waals surface area (Å²) in [4.78, 5) is 21.3. The van der Waals surface area contributed by atoms with Gasteiger partial charge in [-0.3, -0.25) is 4.79 Å². The Morgan fingerprint density at radius 3 is 1.81 bits per heavy atom. The minimum absolute atomic E-state index is 0.0393. The molecule has 0 bridgehead atoms. The molecule has 0 spiro atoms. The molecule has 1 aromatic heterocycles. The number of rotatable bonds is 4. The Labute approximate surface area is 158 Å². The Kier molecular flexibility index (Phi) is 4.58. The van der Waals surface area contributed by atoms with Crippen LogP contribution in [0.3, 0.4) is 0 Å². The molecule has 0 aliphatic rings. The second-order valence-corrected chi connectivity index (χ2v) is 6.33. The van der Waals surface area contributed by atoms with Crippen LogP contribution in [0, 0.1) is 0 Å². The summed E-state index contributed by atoms with van der Waals surface area (Å²) in [6, 6.07) is 29.5. The zero-order valence-corrected chi connectivity index (χ0v) is 15.0. The highest BCUT2D eigenvalue weighted by Crippen LogP contribution is 2.27. The molecule has 0 unspecified atom stereocenters. The van der Waals surface area contributed by atoms with Crippen LogP contribution in [-0.4, -0.2) is 15.8 Å². The fourth-order valence-electron chi connectivity index (χ4n) is 2.97. The number of carbonyl (C=O) groups excluding carboxylic acids is 1. The summed E-state index contributed by atoms with van der Waals surface area (Å²) in [6.07, 6.45) is 0. The minimum Gasteiger partial charge on any atom is -0.295 e. The highest BCUT2D eigenvalue weighted by molar-refractivity contribution is 5.95. The predicted molar refractivity (Wildman–Crippen MR) is 108 cm³/mol. The maximum atomic E-state index is 11.8. The van der Waals surface area contributed by atoms with Gasteiger partial charge in [-0.25, -0.2) is 9.97 Å². The zero-order chi connectivity index (χ0) is 18.6. The van der Waals surface area contributed by atoms with Crippen LogP contribution < -0.4 is 0 Å². The minimum atomic E-state index is 0.0393. The molecule has 130 valence electrons. The van der Waals surface area contributed by atoms with Crippen LogP contribution in [0.4, 0.5) is 0 Å². The van der Waals surface area contributed by atoms with Crippen molar-refractivity contribution in [2.75, 3.05) is 0 Å². The highest BCUT2D eigenvalue weighted by Gasteiger charge is 2.11. The van der Waals surface area contributed by atoms with Gasteiger partial charge in [0.1, 0.15) is 0 Å². The van der Waals surface area contributed by atoms with Crippen LogP contribution in [0.15, 0.2) is 91.0 Å². The topological polar surface area (TPSA) is 42.9 Å². The molecule has 4 rings (SSSR count). The zero-order valence-electron chi connectivity index (χ0n) is 15.0. The van der Waals surface area contributed by atoms with Crippen molar-refractivity contribution < 1.29 is 4.79 Å². The van der Waals surface area contributed by atoms with Gasteiger partial charge in [-0.15, -0.1) is 0 Å². The molecule has 3 nitrogen and oxygen atoms in total. The Morgan fingerprint density at radius 2 is 1.19 bits per heavy atom. The van der Waals surface area contributed by atoms with Crippen LogP contribution in [0.25, 0.3) is 33.9 Å². The molecule has 3 aromatic carbocycles. The van der Waals surface area contributed by atoms with Gasteiger partial charge < -0.3 is 0 Å². The summed E-state index contributed by atoms with van der Waals surface area (Å²) < 4.78 is 0. The summed E-state index contributed by atoms with van der Waals surface area (Å²) in [7, 11) is 0. The lowest BCUT2D eigenvalue weighted by atomic mass is 10.0. The Balaban J connectivity index is 1.91. The number of Topliss-reactive ketones (excluding diaryl/α,β-unsaturated/α-hetero) is 1. The van der Waals surface area contributed by atoms with E-state index in [1.165, 1.54) is 0 Å². The molecule has 27 heavy (non-hydrogen) atoms. The van der Waals surface area contributed by atoms with Crippen molar-refractivity contribution in [1.29, 1.82) is 0 Å². The second kappa shape index (κ2) is 7.34. The number of aromatic nitrogens is 2. The van der Waals surface area contributed by atoms with E-state index in [0.29, 0.717) is 11.4 Å². The first-order chi connectivity index (χ1) is 13.2. The SMILES string of the molecule is CC(=O)c1cccc(-c2cc(-c3ccccc3)nc(-c3ccccc3)n2)c1. The molecule has 0 fully saturated rings. The Bertz CT molecular complexity index is 1030. The summed E-state index contributed by atoms with van der Waals surface area (Å²) in [5.41, 5.74) is 5.21. The van der Waals surface area contributed by atoms with Gasteiger partial charge >= 0.3 is 0 Å². The molecule has 4 aromatic rings. The van der Waals surface area contributed by atoms with Crippen molar-refractivity contribution >= 4 is 5.78 Å². The van der Waals surface area contributed by atoms with Crippen molar-refractivity contribution in [2.45, 2.75) is 6.92 Å². The van der Waals surface area contributed by atoms with Crippen molar-refractivity contribution in [3.8, 4) is 33.9 Å². The second-order valence-electron chi connectivity index (χ2n) is 6.33. The molecule has 0 aliphatic carbocycles. The van der Waals surface area contributed by atoms with Crippen LogP contribution in [0.5, 0.6) is 0 Å². The maximum Gasteiger partial charge on any atom is 0.160 e. The van der Waals surface area contributed by atoms with E-state index in [4.69, 9.17) is 9.97 Å². The van der Waals surface area contributed by atoms with Crippen molar-refractivity contribution in [1.82, 2.24) is 9.97 Å². The molecule has 0 radical (unpaired) electrons. The van der Waals surface area contributed by atoms with Gasteiger partial charge in [0.25, 0.3) is 0 Å². The fourth-order valence-corrected chi connectivity index (χ4v) is 2.97. The van der Waals surface area contributed by atoms with Crippen molar-refractivity contribution in [2.24, 2.45) is 0 Å². The average Bonchev–Trinajstić information content (AvgIpc) is 2.75. The monoisotopic (exact) mass is 350 g/mol. The van der Waals surface area contributed by atoms with Gasteiger partial charge in [0.2, 0.25) is 0 Å². The number of hydrogen-bond donors (Lipinski definition) is 0. The van der Waals surface area contributed by atoms with E-state index in [2.05, 4.69) is 0 Å². The number of carbonyl (C=O) groups is 1. The molecule has 0 amide bonds. The van der Waals surface area contributed by atoms with Gasteiger partial charge in [0, 0.05) is 22.3 Å². The third-order valence-corrected chi connectivity index (χ3v) is 4.39. The van der Waals surface area contributed by atoms with E-state index >= 15 is 0 Å². The van der Waals surface area contributed by atoms with Crippen molar-refractivity contribution in [3.05, 3.63) is 96.6 Å².